The summed E-state index contributed by atoms with van der Waals surface area (Å²) in [5, 5.41) is 12.1. The van der Waals surface area contributed by atoms with Crippen LogP contribution in [-0.4, -0.2) is 22.6 Å². The molecule has 1 aromatic carbocycles. The van der Waals surface area contributed by atoms with Crippen molar-refractivity contribution in [1.82, 2.24) is 10.3 Å². The van der Waals surface area contributed by atoms with Crippen LogP contribution in [0.2, 0.25) is 0 Å². The monoisotopic (exact) mass is 346 g/mol. The zero-order chi connectivity index (χ0) is 18.0. The molecule has 0 unspecified atom stereocenters. The number of nitrogens with one attached hydrogen (secondary N) is 1. The van der Waals surface area contributed by atoms with E-state index >= 15 is 0 Å². The molecule has 1 amide bonds. The van der Waals surface area contributed by atoms with E-state index in [1.54, 1.807) is 12.1 Å². The van der Waals surface area contributed by atoms with Crippen LogP contribution in [0, 0.1) is 12.8 Å². The molecule has 1 aliphatic carbocycles. The first-order valence-electron chi connectivity index (χ1n) is 8.24. The molecule has 2 atom stereocenters. The van der Waals surface area contributed by atoms with Gasteiger partial charge < -0.3 is 10.4 Å². The predicted molar refractivity (Wildman–Crippen MR) is 89.1 cm³/mol. The number of carbonyl (C=O) groups excluding carboxylic acids is 1. The van der Waals surface area contributed by atoms with Gasteiger partial charge in [-0.15, -0.1) is 0 Å². The Labute approximate surface area is 144 Å². The largest absolute Gasteiger partial charge is 0.396 e. The fourth-order valence-corrected chi connectivity index (χ4v) is 3.37. The number of benzene rings is 1. The molecule has 0 saturated heterocycles. The average Bonchev–Trinajstić information content (AvgIpc) is 2.62. The molecular weight excluding hydrogens is 326 g/mol. The highest BCUT2D eigenvalue weighted by Crippen LogP contribution is 2.36. The van der Waals surface area contributed by atoms with Crippen molar-refractivity contribution in [3.05, 3.63) is 65.0 Å². The summed E-state index contributed by atoms with van der Waals surface area (Å²) >= 11 is 0. The third kappa shape index (κ3) is 3.26. The molecule has 0 spiro atoms. The van der Waals surface area contributed by atoms with Crippen LogP contribution in [0.1, 0.15) is 34.8 Å². The number of hydrogen-bond donors (Lipinski definition) is 2. The molecule has 132 valence electrons. The third-order valence-electron chi connectivity index (χ3n) is 4.76. The van der Waals surface area contributed by atoms with Gasteiger partial charge in [-0.2, -0.15) is 8.78 Å². The maximum Gasteiger partial charge on any atom is 0.366 e. The van der Waals surface area contributed by atoms with E-state index in [9.17, 15) is 18.7 Å². The second kappa shape index (κ2) is 6.88. The molecule has 0 radical (unpaired) electrons. The van der Waals surface area contributed by atoms with E-state index in [0.717, 1.165) is 17.5 Å². The highest BCUT2D eigenvalue weighted by atomic mass is 19.3. The van der Waals surface area contributed by atoms with Gasteiger partial charge in [0.05, 0.1) is 6.04 Å². The van der Waals surface area contributed by atoms with Gasteiger partial charge in [0, 0.05) is 18.7 Å². The Kier molecular flexibility index (Phi) is 4.81. The molecule has 2 N–H and O–H groups in total. The number of hydrogen-bond acceptors (Lipinski definition) is 3. The standard InChI is InChI=1S/C19H20F2N2O2/c1-12-5-4-10-22-17(12)19(20,21)18(25)23-16-14(11-24)9-8-13-6-2-3-7-15(13)16/h2-7,10,14,16,24H,8-9,11H2,1H3,(H,23,25)/t14-,16-/m0/s1. The Bertz CT molecular complexity index is 780. The highest BCUT2D eigenvalue weighted by molar-refractivity contribution is 5.85. The van der Waals surface area contributed by atoms with Gasteiger partial charge in [-0.1, -0.05) is 30.3 Å². The number of halogens is 2. The number of carbonyl (C=O) groups is 1. The first kappa shape index (κ1) is 17.5. The van der Waals surface area contributed by atoms with Gasteiger partial charge in [-0.3, -0.25) is 9.78 Å². The summed E-state index contributed by atoms with van der Waals surface area (Å²) in [6, 6.07) is 9.82. The molecule has 1 aromatic heterocycles. The number of alkyl halides is 2. The van der Waals surface area contributed by atoms with Crippen LogP contribution in [-0.2, 0) is 17.1 Å². The molecule has 1 aliphatic rings. The number of aliphatic hydroxyl groups is 1. The Morgan fingerprint density at radius 2 is 2.08 bits per heavy atom. The molecule has 3 rings (SSSR count). The van der Waals surface area contributed by atoms with Gasteiger partial charge in [0.25, 0.3) is 5.91 Å². The summed E-state index contributed by atoms with van der Waals surface area (Å²) in [5.74, 6) is -5.42. The summed E-state index contributed by atoms with van der Waals surface area (Å²) in [6.07, 6.45) is 2.63. The number of amides is 1. The van der Waals surface area contributed by atoms with Gasteiger partial charge in [-0.25, -0.2) is 0 Å². The van der Waals surface area contributed by atoms with Crippen LogP contribution in [0.5, 0.6) is 0 Å². The number of fused-ring (bicyclic) bond motifs is 1. The molecular formula is C19H20F2N2O2. The fourth-order valence-electron chi connectivity index (χ4n) is 3.37. The van der Waals surface area contributed by atoms with Crippen molar-refractivity contribution in [3.63, 3.8) is 0 Å². The lowest BCUT2D eigenvalue weighted by molar-refractivity contribution is -0.149. The zero-order valence-electron chi connectivity index (χ0n) is 13.9. The highest BCUT2D eigenvalue weighted by Gasteiger charge is 2.45. The first-order valence-corrected chi connectivity index (χ1v) is 8.24. The van der Waals surface area contributed by atoms with Crippen molar-refractivity contribution in [2.24, 2.45) is 5.92 Å². The van der Waals surface area contributed by atoms with Gasteiger partial charge in [-0.05, 0) is 42.5 Å². The molecule has 0 bridgehead atoms. The molecule has 1 heterocycles. The number of aliphatic hydroxyl groups excluding tert-OH is 1. The van der Waals surface area contributed by atoms with Crippen LogP contribution in [0.15, 0.2) is 42.6 Å². The Balaban J connectivity index is 1.90. The zero-order valence-corrected chi connectivity index (χ0v) is 13.9. The predicted octanol–water partition coefficient (Wildman–Crippen LogP) is 2.89. The summed E-state index contributed by atoms with van der Waals surface area (Å²) in [5.41, 5.74) is 1.51. The van der Waals surface area contributed by atoms with Crippen LogP contribution >= 0.6 is 0 Å². The number of aryl methyl sites for hydroxylation is 2. The Hall–Kier alpha value is -2.34. The lowest BCUT2D eigenvalue weighted by atomic mass is 9.80. The quantitative estimate of drug-likeness (QED) is 0.895. The first-order chi connectivity index (χ1) is 11.9. The smallest absolute Gasteiger partial charge is 0.366 e. The lowest BCUT2D eigenvalue weighted by Gasteiger charge is -2.34. The fraction of sp³-hybridized carbons (Fsp3) is 0.368. The second-order valence-corrected chi connectivity index (χ2v) is 6.37. The van der Waals surface area contributed by atoms with E-state index in [2.05, 4.69) is 10.3 Å². The van der Waals surface area contributed by atoms with Gasteiger partial charge in [0.1, 0.15) is 5.69 Å². The minimum Gasteiger partial charge on any atom is -0.396 e. The summed E-state index contributed by atoms with van der Waals surface area (Å²) in [4.78, 5) is 16.1. The van der Waals surface area contributed by atoms with Crippen molar-refractivity contribution in [1.29, 1.82) is 0 Å². The van der Waals surface area contributed by atoms with E-state index in [1.165, 1.54) is 19.2 Å². The SMILES string of the molecule is Cc1cccnc1C(F)(F)C(=O)N[C@@H]1c2ccccc2CC[C@H]1CO. The topological polar surface area (TPSA) is 62.2 Å². The van der Waals surface area contributed by atoms with Gasteiger partial charge in [0.2, 0.25) is 0 Å². The van der Waals surface area contributed by atoms with Crippen LogP contribution in [0.3, 0.4) is 0 Å². The number of pyridine rings is 1. The van der Waals surface area contributed by atoms with Crippen molar-refractivity contribution in [2.45, 2.75) is 31.7 Å². The Morgan fingerprint density at radius 1 is 1.32 bits per heavy atom. The van der Waals surface area contributed by atoms with E-state index in [0.29, 0.717) is 6.42 Å². The van der Waals surface area contributed by atoms with Crippen LogP contribution < -0.4 is 5.32 Å². The minimum absolute atomic E-state index is 0.173. The number of rotatable bonds is 4. The maximum atomic E-state index is 14.6. The van der Waals surface area contributed by atoms with E-state index < -0.39 is 23.6 Å². The minimum atomic E-state index is -3.74. The molecule has 0 aliphatic heterocycles. The van der Waals surface area contributed by atoms with Gasteiger partial charge in [0.15, 0.2) is 0 Å². The lowest BCUT2D eigenvalue weighted by Crippen LogP contribution is -2.45. The molecule has 2 aromatic rings. The van der Waals surface area contributed by atoms with Crippen molar-refractivity contribution in [2.75, 3.05) is 6.61 Å². The maximum absolute atomic E-state index is 14.6. The van der Waals surface area contributed by atoms with E-state index in [4.69, 9.17) is 0 Å². The number of aromatic nitrogens is 1. The number of nitrogens with zero attached hydrogens (tertiary/aromatic N) is 1. The molecule has 25 heavy (non-hydrogen) atoms. The molecule has 6 heteroatoms. The molecule has 0 fully saturated rings. The summed E-state index contributed by atoms with van der Waals surface area (Å²) < 4.78 is 29.3. The average molecular weight is 346 g/mol. The van der Waals surface area contributed by atoms with Gasteiger partial charge >= 0.3 is 5.92 Å². The summed E-state index contributed by atoms with van der Waals surface area (Å²) in [7, 11) is 0. The Morgan fingerprint density at radius 3 is 2.80 bits per heavy atom. The van der Waals surface area contributed by atoms with E-state index in [1.807, 2.05) is 18.2 Å². The van der Waals surface area contributed by atoms with Crippen molar-refractivity contribution < 1.29 is 18.7 Å². The second-order valence-electron chi connectivity index (χ2n) is 6.37. The molecule has 4 nitrogen and oxygen atoms in total. The van der Waals surface area contributed by atoms with Crippen molar-refractivity contribution >= 4 is 5.91 Å². The van der Waals surface area contributed by atoms with E-state index in [-0.39, 0.29) is 18.1 Å². The third-order valence-corrected chi connectivity index (χ3v) is 4.76. The van der Waals surface area contributed by atoms with Crippen molar-refractivity contribution in [3.8, 4) is 0 Å². The van der Waals surface area contributed by atoms with Crippen LogP contribution in [0.4, 0.5) is 8.78 Å². The normalized spacial score (nSPS) is 20.0. The summed E-state index contributed by atoms with van der Waals surface area (Å²) in [6.45, 7) is 1.32. The van der Waals surface area contributed by atoms with Crippen LogP contribution in [0.25, 0.3) is 0 Å². The molecule has 0 saturated carbocycles.